The molecule has 0 radical (unpaired) electrons. The van der Waals surface area contributed by atoms with Gasteiger partial charge in [0.2, 0.25) is 5.91 Å². The lowest BCUT2D eigenvalue weighted by Gasteiger charge is -2.28. The molecule has 0 aromatic carbocycles. The van der Waals surface area contributed by atoms with Crippen LogP contribution in [0.1, 0.15) is 28.7 Å². The molecule has 1 aliphatic heterocycles. The van der Waals surface area contributed by atoms with E-state index in [-0.39, 0.29) is 17.5 Å². The van der Waals surface area contributed by atoms with E-state index in [4.69, 9.17) is 17.6 Å². The Morgan fingerprint density at radius 1 is 1.24 bits per heavy atom. The Bertz CT molecular complexity index is 1480. The summed E-state index contributed by atoms with van der Waals surface area (Å²) in [6.45, 7) is 6.56. The van der Waals surface area contributed by atoms with Gasteiger partial charge in [0.25, 0.3) is 0 Å². The highest BCUT2D eigenvalue weighted by molar-refractivity contribution is 6.00. The normalized spacial score (nSPS) is 21.4. The van der Waals surface area contributed by atoms with Crippen molar-refractivity contribution in [3.05, 3.63) is 42.5 Å². The Morgan fingerprint density at radius 2 is 2.06 bits per heavy atom. The number of nitrogens with one attached hydrogen (secondary N) is 1. The van der Waals surface area contributed by atoms with Crippen molar-refractivity contribution >= 4 is 33.8 Å². The van der Waals surface area contributed by atoms with E-state index in [2.05, 4.69) is 27.1 Å². The van der Waals surface area contributed by atoms with Crippen molar-refractivity contribution in [2.24, 2.45) is 11.8 Å². The smallest absolute Gasteiger partial charge is 0.228 e. The number of amides is 1. The number of hydrogen-bond acceptors (Lipinski definition) is 7. The molecule has 9 heteroatoms. The van der Waals surface area contributed by atoms with Crippen LogP contribution in [-0.4, -0.2) is 56.8 Å². The van der Waals surface area contributed by atoms with Crippen molar-refractivity contribution in [3.8, 4) is 11.4 Å². The molecule has 0 unspecified atom stereocenters. The Hall–Kier alpha value is -3.59. The number of fused-ring (bicyclic) bond motifs is 2. The van der Waals surface area contributed by atoms with Gasteiger partial charge in [0.15, 0.2) is 11.5 Å². The molecule has 1 amide bonds. The predicted octanol–water partition coefficient (Wildman–Crippen LogP) is 3.33. The Balaban J connectivity index is 1.43. The minimum Gasteiger partial charge on any atom is -0.378 e. The summed E-state index contributed by atoms with van der Waals surface area (Å²) in [5, 5.41) is 8.88. The summed E-state index contributed by atoms with van der Waals surface area (Å²) in [5.41, 5.74) is 2.66. The molecule has 34 heavy (non-hydrogen) atoms. The maximum absolute atomic E-state index is 12.5. The van der Waals surface area contributed by atoms with Crippen molar-refractivity contribution in [2.45, 2.75) is 26.6 Å². The molecule has 1 N–H and O–H groups in total. The van der Waals surface area contributed by atoms with E-state index < -0.39 is 6.37 Å². The van der Waals surface area contributed by atoms with Crippen LogP contribution >= 0.6 is 0 Å². The topological polar surface area (TPSA) is 97.5 Å². The minimum absolute atomic E-state index is 0.0144. The van der Waals surface area contributed by atoms with Gasteiger partial charge >= 0.3 is 0 Å². The van der Waals surface area contributed by atoms with Crippen LogP contribution in [0.4, 0.5) is 11.5 Å². The average molecular weight is 460 g/mol. The molecule has 2 aliphatic rings. The second-order valence-electron chi connectivity index (χ2n) is 8.92. The number of ether oxygens (including phenoxy) is 1. The number of anilines is 2. The number of carbonyl (C=O) groups is 1. The van der Waals surface area contributed by atoms with Crippen molar-refractivity contribution in [1.82, 2.24) is 24.6 Å². The third-order valence-electron chi connectivity index (χ3n) is 6.64. The maximum Gasteiger partial charge on any atom is 0.228 e. The lowest BCUT2D eigenvalue weighted by molar-refractivity contribution is -0.117. The van der Waals surface area contributed by atoms with Crippen molar-refractivity contribution in [3.63, 3.8) is 0 Å². The second kappa shape index (κ2) is 8.32. The van der Waals surface area contributed by atoms with Crippen LogP contribution in [0.15, 0.2) is 36.8 Å². The SMILES string of the molecule is [2H]C([2H])(C)c1ncc(-c2nc3ccc(N4CCOCC4)cn3n2)c2cc(NC(=O)[C@H]3C[C@H]3C)ncc12. The first-order valence-corrected chi connectivity index (χ1v) is 11.6. The molecule has 2 atom stereocenters. The van der Waals surface area contributed by atoms with Crippen molar-refractivity contribution < 1.29 is 12.3 Å². The number of morpholine rings is 1. The number of hydrogen-bond donors (Lipinski definition) is 1. The number of aryl methyl sites for hydroxylation is 1. The molecule has 4 aromatic rings. The molecule has 0 spiro atoms. The van der Waals surface area contributed by atoms with Crippen molar-refractivity contribution in [2.75, 3.05) is 36.5 Å². The van der Waals surface area contributed by atoms with Crippen molar-refractivity contribution in [1.29, 1.82) is 0 Å². The summed E-state index contributed by atoms with van der Waals surface area (Å²) in [5.74, 6) is 1.24. The zero-order valence-electron chi connectivity index (χ0n) is 21.2. The molecule has 2 fully saturated rings. The van der Waals surface area contributed by atoms with Gasteiger partial charge in [-0.25, -0.2) is 14.5 Å². The number of rotatable bonds is 5. The molecule has 1 aliphatic carbocycles. The van der Waals surface area contributed by atoms with Gasteiger partial charge in [-0.05, 0) is 36.9 Å². The highest BCUT2D eigenvalue weighted by atomic mass is 16.5. The van der Waals surface area contributed by atoms with Gasteiger partial charge in [-0.15, -0.1) is 5.10 Å². The monoisotopic (exact) mass is 459 g/mol. The summed E-state index contributed by atoms with van der Waals surface area (Å²) in [6.07, 6.45) is 4.33. The summed E-state index contributed by atoms with van der Waals surface area (Å²) in [6, 6.07) is 5.72. The van der Waals surface area contributed by atoms with E-state index in [1.807, 2.05) is 18.3 Å². The third-order valence-corrected chi connectivity index (χ3v) is 6.64. The number of pyridine rings is 3. The fraction of sp³-hybridized carbons (Fsp3) is 0.400. The van der Waals surface area contributed by atoms with E-state index in [9.17, 15) is 4.79 Å². The van der Waals surface area contributed by atoms with E-state index in [0.29, 0.717) is 52.8 Å². The summed E-state index contributed by atoms with van der Waals surface area (Å²) in [4.78, 5) is 28.3. The van der Waals surface area contributed by atoms with Crippen LogP contribution < -0.4 is 10.2 Å². The molecule has 174 valence electrons. The van der Waals surface area contributed by atoms with Gasteiger partial charge in [0.1, 0.15) is 5.82 Å². The minimum atomic E-state index is -1.67. The van der Waals surface area contributed by atoms with Gasteiger partial charge in [-0.3, -0.25) is 9.78 Å². The number of carbonyl (C=O) groups excluding carboxylic acids is 1. The first-order chi connectivity index (χ1) is 17.3. The van der Waals surface area contributed by atoms with Gasteiger partial charge in [0.05, 0.1) is 25.1 Å². The Labute approximate surface area is 200 Å². The first-order valence-electron chi connectivity index (χ1n) is 12.6. The molecular weight excluding hydrogens is 430 g/mol. The molecule has 1 saturated heterocycles. The predicted molar refractivity (Wildman–Crippen MR) is 130 cm³/mol. The lowest BCUT2D eigenvalue weighted by Crippen LogP contribution is -2.36. The number of aromatic nitrogens is 5. The highest BCUT2D eigenvalue weighted by Crippen LogP contribution is 2.38. The third kappa shape index (κ3) is 3.75. The molecule has 6 rings (SSSR count). The van der Waals surface area contributed by atoms with E-state index in [0.717, 1.165) is 25.2 Å². The van der Waals surface area contributed by atoms with Gasteiger partial charge in [-0.1, -0.05) is 13.8 Å². The van der Waals surface area contributed by atoms with Crippen LogP contribution in [-0.2, 0) is 15.9 Å². The fourth-order valence-electron chi connectivity index (χ4n) is 4.48. The second-order valence-corrected chi connectivity index (χ2v) is 8.92. The molecule has 1 saturated carbocycles. The number of nitrogens with zero attached hydrogens (tertiary/aromatic N) is 6. The standard InChI is InChI=1S/C25H27N7O2/c1-3-21-19-12-27-22(28-25(33)17-10-15(17)2)11-18(19)20(13-26-21)24-29-23-5-4-16(14-32(23)30-24)31-6-8-34-9-7-31/h4-5,11-15,17H,3,6-10H2,1-2H3,(H,27,28,33)/t15-,17+/m1/s1/i3D2. The largest absolute Gasteiger partial charge is 0.378 e. The van der Waals surface area contributed by atoms with E-state index in [1.165, 1.54) is 6.92 Å². The lowest BCUT2D eigenvalue weighted by atomic mass is 10.1. The van der Waals surface area contributed by atoms with Gasteiger partial charge in [-0.2, -0.15) is 0 Å². The Kier molecular flexibility index (Phi) is 4.60. The highest BCUT2D eigenvalue weighted by Gasteiger charge is 2.39. The molecular formula is C25H27N7O2. The summed E-state index contributed by atoms with van der Waals surface area (Å²) >= 11 is 0. The maximum atomic E-state index is 12.5. The molecule has 5 heterocycles. The zero-order valence-corrected chi connectivity index (χ0v) is 19.2. The summed E-state index contributed by atoms with van der Waals surface area (Å²) < 4.78 is 23.7. The van der Waals surface area contributed by atoms with Gasteiger partial charge < -0.3 is 15.0 Å². The van der Waals surface area contributed by atoms with E-state index >= 15 is 0 Å². The molecule has 9 nitrogen and oxygen atoms in total. The quantitative estimate of drug-likeness (QED) is 0.489. The zero-order chi connectivity index (χ0) is 25.0. The Morgan fingerprint density at radius 3 is 2.82 bits per heavy atom. The average Bonchev–Trinajstić information content (AvgIpc) is 3.45. The first kappa shape index (κ1) is 18.8. The van der Waals surface area contributed by atoms with Gasteiger partial charge in [0, 0.05) is 56.2 Å². The van der Waals surface area contributed by atoms with E-state index in [1.54, 1.807) is 23.0 Å². The van der Waals surface area contributed by atoms with Crippen LogP contribution in [0.2, 0.25) is 0 Å². The molecule has 4 aromatic heterocycles. The van der Waals surface area contributed by atoms with Crippen LogP contribution in [0.3, 0.4) is 0 Å². The van der Waals surface area contributed by atoms with Crippen LogP contribution in [0.5, 0.6) is 0 Å². The van der Waals surface area contributed by atoms with Crippen LogP contribution in [0.25, 0.3) is 27.8 Å². The van der Waals surface area contributed by atoms with Crippen LogP contribution in [0, 0.1) is 11.8 Å². The molecule has 0 bridgehead atoms. The fourth-order valence-corrected chi connectivity index (χ4v) is 4.48. The summed E-state index contributed by atoms with van der Waals surface area (Å²) in [7, 11) is 0.